The van der Waals surface area contributed by atoms with Crippen LogP contribution in [0.3, 0.4) is 0 Å². The second-order valence-corrected chi connectivity index (χ2v) is 7.93. The van der Waals surface area contributed by atoms with Crippen molar-refractivity contribution in [1.82, 2.24) is 10.2 Å². The highest BCUT2D eigenvalue weighted by Gasteiger charge is 2.57. The highest BCUT2D eigenvalue weighted by atomic mass is 16.5. The molecule has 2 aliphatic rings. The number of ether oxygens (including phenoxy) is 1. The second-order valence-electron chi connectivity index (χ2n) is 7.93. The Labute approximate surface area is 176 Å². The van der Waals surface area contributed by atoms with Gasteiger partial charge in [0.1, 0.15) is 17.9 Å². The number of benzene rings is 1. The lowest BCUT2D eigenvalue weighted by atomic mass is 9.75. The van der Waals surface area contributed by atoms with Gasteiger partial charge in [0.15, 0.2) is 0 Å². The summed E-state index contributed by atoms with van der Waals surface area (Å²) in [6.07, 6.45) is 3.28. The Hall–Kier alpha value is -2.87. The van der Waals surface area contributed by atoms with E-state index in [-0.39, 0.29) is 37.8 Å². The summed E-state index contributed by atoms with van der Waals surface area (Å²) in [5.74, 6) is -0.519. The lowest BCUT2D eigenvalue weighted by molar-refractivity contribution is -0.137. The topological polar surface area (TPSA) is 122 Å². The van der Waals surface area contributed by atoms with Crippen molar-refractivity contribution in [2.45, 2.75) is 26.3 Å². The van der Waals surface area contributed by atoms with E-state index in [2.05, 4.69) is 12.2 Å². The number of nitrogens with zero attached hydrogens (tertiary/aromatic N) is 1. The molecule has 4 N–H and O–H groups in total. The summed E-state index contributed by atoms with van der Waals surface area (Å²) in [5.41, 5.74) is 5.54. The lowest BCUT2D eigenvalue weighted by Gasteiger charge is -2.39. The molecule has 3 rings (SSSR count). The number of nitrogens with one attached hydrogen (secondary N) is 1. The predicted octanol–water partition coefficient (Wildman–Crippen LogP) is 0.590. The van der Waals surface area contributed by atoms with Crippen molar-refractivity contribution in [1.29, 1.82) is 0 Å². The number of rotatable bonds is 9. The van der Waals surface area contributed by atoms with Crippen LogP contribution in [-0.2, 0) is 20.9 Å². The number of primary amides is 1. The molecule has 0 saturated heterocycles. The molecule has 3 amide bonds. The fourth-order valence-corrected chi connectivity index (χ4v) is 4.35. The third kappa shape index (κ3) is 4.18. The summed E-state index contributed by atoms with van der Waals surface area (Å²) in [6, 6.07) is 7.17. The van der Waals surface area contributed by atoms with Gasteiger partial charge in [-0.15, -0.1) is 0 Å². The van der Waals surface area contributed by atoms with Crippen LogP contribution in [0.4, 0.5) is 0 Å². The van der Waals surface area contributed by atoms with Crippen molar-refractivity contribution >= 4 is 17.7 Å². The molecule has 3 atom stereocenters. The summed E-state index contributed by atoms with van der Waals surface area (Å²) in [4.78, 5) is 39.6. The Morgan fingerprint density at radius 3 is 2.77 bits per heavy atom. The summed E-state index contributed by atoms with van der Waals surface area (Å²) < 4.78 is 5.44. The molecule has 1 aromatic carbocycles. The Morgan fingerprint density at radius 1 is 1.40 bits per heavy atom. The predicted molar refractivity (Wildman–Crippen MR) is 110 cm³/mol. The molecule has 1 aromatic rings. The average Bonchev–Trinajstić information content (AvgIpc) is 3.54. The molecule has 1 saturated carbocycles. The van der Waals surface area contributed by atoms with Gasteiger partial charge < -0.3 is 25.8 Å². The number of hydrogen-bond donors (Lipinski definition) is 3. The van der Waals surface area contributed by atoms with Crippen LogP contribution in [0.5, 0.6) is 5.75 Å². The number of hydrogen-bond acceptors (Lipinski definition) is 5. The van der Waals surface area contributed by atoms with E-state index < -0.39 is 23.1 Å². The first kappa shape index (κ1) is 21.8. The first-order chi connectivity index (χ1) is 14.4. The zero-order valence-corrected chi connectivity index (χ0v) is 17.4. The van der Waals surface area contributed by atoms with E-state index in [1.807, 2.05) is 6.07 Å². The molecule has 0 aromatic heterocycles. The number of nitrogens with two attached hydrogens (primary N) is 1. The van der Waals surface area contributed by atoms with E-state index >= 15 is 0 Å². The number of carbonyl (C=O) groups is 3. The minimum absolute atomic E-state index is 0.0227. The largest absolute Gasteiger partial charge is 0.491 e. The minimum Gasteiger partial charge on any atom is -0.491 e. The minimum atomic E-state index is -1.05. The zero-order valence-electron chi connectivity index (χ0n) is 17.4. The van der Waals surface area contributed by atoms with Gasteiger partial charge in [0.2, 0.25) is 5.91 Å². The third-order valence-electron chi connectivity index (χ3n) is 6.04. The molecule has 8 nitrogen and oxygen atoms in total. The normalized spacial score (nSPS) is 25.5. The second kappa shape index (κ2) is 8.87. The average molecular weight is 415 g/mol. The molecule has 0 radical (unpaired) electrons. The van der Waals surface area contributed by atoms with Crippen LogP contribution in [-0.4, -0.2) is 54.5 Å². The van der Waals surface area contributed by atoms with Crippen molar-refractivity contribution in [2.24, 2.45) is 23.0 Å². The summed E-state index contributed by atoms with van der Waals surface area (Å²) in [5, 5.41) is 11.4. The van der Waals surface area contributed by atoms with E-state index in [0.29, 0.717) is 11.7 Å². The Kier molecular flexibility index (Phi) is 6.45. The zero-order chi connectivity index (χ0) is 21.9. The fraction of sp³-hybridized carbons (Fsp3) is 0.500. The number of aliphatic hydroxyl groups excluding tert-OH is 1. The highest BCUT2D eigenvalue weighted by molar-refractivity contribution is 6.19. The van der Waals surface area contributed by atoms with Gasteiger partial charge >= 0.3 is 0 Å². The molecule has 1 aliphatic carbocycles. The Morgan fingerprint density at radius 2 is 2.17 bits per heavy atom. The van der Waals surface area contributed by atoms with Gasteiger partial charge in [-0.3, -0.25) is 14.4 Å². The van der Waals surface area contributed by atoms with Gasteiger partial charge in [0.25, 0.3) is 11.8 Å². The summed E-state index contributed by atoms with van der Waals surface area (Å²) in [7, 11) is 1.45. The quantitative estimate of drug-likeness (QED) is 0.510. The van der Waals surface area contributed by atoms with Crippen LogP contribution in [0.1, 0.15) is 25.3 Å². The first-order valence-corrected chi connectivity index (χ1v) is 10.2. The van der Waals surface area contributed by atoms with E-state index in [4.69, 9.17) is 15.6 Å². The van der Waals surface area contributed by atoms with Gasteiger partial charge in [0, 0.05) is 20.1 Å². The smallest absolute Gasteiger partial charge is 0.259 e. The van der Waals surface area contributed by atoms with E-state index in [0.717, 1.165) is 18.4 Å². The van der Waals surface area contributed by atoms with Crippen molar-refractivity contribution in [2.75, 3.05) is 26.8 Å². The Balaban J connectivity index is 1.93. The van der Waals surface area contributed by atoms with Gasteiger partial charge in [-0.1, -0.05) is 25.5 Å². The third-order valence-corrected chi connectivity index (χ3v) is 6.04. The first-order valence-electron chi connectivity index (χ1n) is 10.2. The molecule has 1 heterocycles. The van der Waals surface area contributed by atoms with E-state index in [1.165, 1.54) is 18.0 Å². The van der Waals surface area contributed by atoms with Crippen LogP contribution >= 0.6 is 0 Å². The summed E-state index contributed by atoms with van der Waals surface area (Å²) >= 11 is 0. The van der Waals surface area contributed by atoms with Crippen molar-refractivity contribution in [3.8, 4) is 5.75 Å². The van der Waals surface area contributed by atoms with Crippen LogP contribution in [0, 0.1) is 17.3 Å². The van der Waals surface area contributed by atoms with Gasteiger partial charge in [-0.05, 0) is 42.0 Å². The van der Waals surface area contributed by atoms with Crippen molar-refractivity contribution < 1.29 is 24.2 Å². The molecule has 0 bridgehead atoms. The molecular weight excluding hydrogens is 386 g/mol. The van der Waals surface area contributed by atoms with E-state index in [1.54, 1.807) is 18.2 Å². The maximum absolute atomic E-state index is 13.1. The summed E-state index contributed by atoms with van der Waals surface area (Å²) in [6.45, 7) is 2.48. The maximum atomic E-state index is 13.1. The van der Waals surface area contributed by atoms with Crippen LogP contribution in [0.25, 0.3) is 0 Å². The molecule has 8 heteroatoms. The molecule has 30 heavy (non-hydrogen) atoms. The van der Waals surface area contributed by atoms with Crippen LogP contribution in [0.2, 0.25) is 0 Å². The van der Waals surface area contributed by atoms with Crippen LogP contribution in [0.15, 0.2) is 35.9 Å². The molecule has 1 aliphatic heterocycles. The van der Waals surface area contributed by atoms with Gasteiger partial charge in [0.05, 0.1) is 12.0 Å². The number of likely N-dealkylation sites (N-methyl/N-ethyl adjacent to an activating group) is 1. The standard InChI is InChI=1S/C22H29N3O5/c1-3-15-10-18(15)22(21(23)29)11-17(19(27)24-2)20(28)25(13-22)12-14-5-4-6-16(9-14)30-8-7-26/h4-6,9,11,15,18,26H,3,7-8,10,12-13H2,1-2H3,(H2,23,29)(H,24,27)/t15-,18-,22?/m0/s1. The lowest BCUT2D eigenvalue weighted by Crippen LogP contribution is -2.54. The van der Waals surface area contributed by atoms with Crippen LogP contribution < -0.4 is 15.8 Å². The SMILES string of the molecule is CC[C@H]1C[C@@H]1C1(C(N)=O)C=C(C(=O)NC)C(=O)N(Cc2cccc(OCCO)c2)C1. The molecular formula is C22H29N3O5. The monoisotopic (exact) mass is 415 g/mol. The molecule has 162 valence electrons. The number of amides is 3. The number of aliphatic hydroxyl groups is 1. The molecule has 1 fully saturated rings. The molecule has 1 unspecified atom stereocenters. The highest BCUT2D eigenvalue weighted by Crippen LogP contribution is 2.55. The van der Waals surface area contributed by atoms with Gasteiger partial charge in [-0.25, -0.2) is 0 Å². The van der Waals surface area contributed by atoms with Gasteiger partial charge in [-0.2, -0.15) is 0 Å². The maximum Gasteiger partial charge on any atom is 0.259 e. The van der Waals surface area contributed by atoms with E-state index in [9.17, 15) is 14.4 Å². The fourth-order valence-electron chi connectivity index (χ4n) is 4.35. The van der Waals surface area contributed by atoms with Crippen molar-refractivity contribution in [3.05, 3.63) is 41.5 Å². The molecule has 0 spiro atoms. The number of carbonyl (C=O) groups excluding carboxylic acids is 3. The Bertz CT molecular complexity index is 868. The van der Waals surface area contributed by atoms with Crippen molar-refractivity contribution in [3.63, 3.8) is 0 Å².